The largest absolute Gasteiger partial charge is 0.416 e. The zero-order chi connectivity index (χ0) is 21.8. The van der Waals surface area contributed by atoms with Crippen LogP contribution in [0.25, 0.3) is 0 Å². The van der Waals surface area contributed by atoms with Gasteiger partial charge in [-0.15, -0.1) is 0 Å². The molecule has 4 rings (SSSR count). The first-order chi connectivity index (χ1) is 15.0. The van der Waals surface area contributed by atoms with Gasteiger partial charge in [0.25, 0.3) is 0 Å². The number of alkyl halides is 3. The molecule has 31 heavy (non-hydrogen) atoms. The van der Waals surface area contributed by atoms with Crippen molar-refractivity contribution >= 4 is 5.69 Å². The molecule has 1 saturated heterocycles. The van der Waals surface area contributed by atoms with Crippen molar-refractivity contribution in [1.29, 1.82) is 0 Å². The fourth-order valence-corrected chi connectivity index (χ4v) is 4.69. The third kappa shape index (κ3) is 5.05. The monoisotopic (exact) mass is 433 g/mol. The average Bonchev–Trinajstić information content (AvgIpc) is 2.78. The number of anilines is 1. The molecule has 0 aliphatic carbocycles. The number of ether oxygens (including phenoxy) is 1. The summed E-state index contributed by atoms with van der Waals surface area (Å²) in [5.74, 6) is 0.0800. The van der Waals surface area contributed by atoms with Gasteiger partial charge < -0.3 is 20.7 Å². The lowest BCUT2D eigenvalue weighted by molar-refractivity contribution is -0.138. The van der Waals surface area contributed by atoms with Gasteiger partial charge in [-0.1, -0.05) is 37.3 Å². The molecule has 4 atom stereocenters. The second-order valence-electron chi connectivity index (χ2n) is 8.31. The van der Waals surface area contributed by atoms with Crippen LogP contribution in [0.15, 0.2) is 48.5 Å². The van der Waals surface area contributed by atoms with E-state index in [4.69, 9.17) is 4.74 Å². The molecule has 2 aliphatic heterocycles. The highest BCUT2D eigenvalue weighted by molar-refractivity contribution is 5.58. The van der Waals surface area contributed by atoms with Crippen molar-refractivity contribution in [3.05, 3.63) is 65.2 Å². The SMILES string of the molecule is CCNCCNC[C@H]1CC[C@@H]2[C@H](O1)c1cc(C(F)(F)F)ccc1N[C@H]2c1ccccc1. The van der Waals surface area contributed by atoms with Crippen molar-refractivity contribution in [1.82, 2.24) is 10.6 Å². The Morgan fingerprint density at radius 3 is 2.55 bits per heavy atom. The van der Waals surface area contributed by atoms with E-state index in [1.54, 1.807) is 6.07 Å². The van der Waals surface area contributed by atoms with Gasteiger partial charge in [0.2, 0.25) is 0 Å². The van der Waals surface area contributed by atoms with E-state index in [9.17, 15) is 13.2 Å². The maximum Gasteiger partial charge on any atom is 0.416 e. The summed E-state index contributed by atoms with van der Waals surface area (Å²) in [7, 11) is 0. The Morgan fingerprint density at radius 1 is 1.03 bits per heavy atom. The van der Waals surface area contributed by atoms with Crippen molar-refractivity contribution in [3.63, 3.8) is 0 Å². The van der Waals surface area contributed by atoms with Gasteiger partial charge in [0.05, 0.1) is 23.8 Å². The Hall–Kier alpha value is -2.09. The molecule has 2 aromatic rings. The first-order valence-electron chi connectivity index (χ1n) is 11.1. The minimum atomic E-state index is -4.37. The summed E-state index contributed by atoms with van der Waals surface area (Å²) < 4.78 is 46.6. The number of rotatable bonds is 7. The highest BCUT2D eigenvalue weighted by atomic mass is 19.4. The van der Waals surface area contributed by atoms with Crippen LogP contribution < -0.4 is 16.0 Å². The fraction of sp³-hybridized carbons (Fsp3) is 0.500. The number of halogens is 3. The third-order valence-electron chi connectivity index (χ3n) is 6.23. The van der Waals surface area contributed by atoms with Crippen molar-refractivity contribution in [2.45, 2.75) is 44.2 Å². The van der Waals surface area contributed by atoms with Gasteiger partial charge in [0.1, 0.15) is 0 Å². The molecule has 0 saturated carbocycles. The molecule has 2 heterocycles. The minimum Gasteiger partial charge on any atom is -0.378 e. The molecule has 2 aliphatic rings. The maximum absolute atomic E-state index is 13.4. The second-order valence-corrected chi connectivity index (χ2v) is 8.31. The third-order valence-corrected chi connectivity index (χ3v) is 6.23. The lowest BCUT2D eigenvalue weighted by Gasteiger charge is -2.46. The standard InChI is InChI=1S/C24H30F3N3O/c1-2-28-12-13-29-15-18-9-10-19-22(16-6-4-3-5-7-16)30-21-11-8-17(24(25,26)27)14-20(21)23(19)31-18/h3-8,11,14,18-19,22-23,28-30H,2,9-10,12-13,15H2,1H3/t18-,19+,22+,23+/m1/s1. The Balaban J connectivity index is 1.58. The van der Waals surface area contributed by atoms with Gasteiger partial charge in [-0.2, -0.15) is 13.2 Å². The van der Waals surface area contributed by atoms with E-state index in [1.165, 1.54) is 6.07 Å². The smallest absolute Gasteiger partial charge is 0.378 e. The Bertz CT molecular complexity index is 859. The van der Waals surface area contributed by atoms with Gasteiger partial charge in [0, 0.05) is 36.8 Å². The van der Waals surface area contributed by atoms with Crippen LogP contribution in [0, 0.1) is 5.92 Å². The van der Waals surface area contributed by atoms with E-state index < -0.39 is 11.7 Å². The molecule has 1 fully saturated rings. The Kier molecular flexibility index (Phi) is 6.84. The van der Waals surface area contributed by atoms with Crippen molar-refractivity contribution in [2.24, 2.45) is 5.92 Å². The predicted molar refractivity (Wildman–Crippen MR) is 116 cm³/mol. The van der Waals surface area contributed by atoms with Crippen LogP contribution in [0.3, 0.4) is 0 Å². The first-order valence-corrected chi connectivity index (χ1v) is 11.1. The molecule has 0 aromatic heterocycles. The molecular weight excluding hydrogens is 403 g/mol. The van der Waals surface area contributed by atoms with E-state index in [1.807, 2.05) is 18.2 Å². The number of hydrogen-bond acceptors (Lipinski definition) is 4. The van der Waals surface area contributed by atoms with Crippen LogP contribution in [-0.2, 0) is 10.9 Å². The van der Waals surface area contributed by atoms with Crippen molar-refractivity contribution in [3.8, 4) is 0 Å². The van der Waals surface area contributed by atoms with Crippen LogP contribution in [-0.4, -0.2) is 32.3 Å². The molecule has 0 unspecified atom stereocenters. The second kappa shape index (κ2) is 9.59. The summed E-state index contributed by atoms with van der Waals surface area (Å²) >= 11 is 0. The number of benzene rings is 2. The quantitative estimate of drug-likeness (QED) is 0.543. The molecule has 0 spiro atoms. The fourth-order valence-electron chi connectivity index (χ4n) is 4.69. The molecule has 2 aromatic carbocycles. The molecule has 0 bridgehead atoms. The van der Waals surface area contributed by atoms with E-state index >= 15 is 0 Å². The van der Waals surface area contributed by atoms with Crippen molar-refractivity contribution < 1.29 is 17.9 Å². The van der Waals surface area contributed by atoms with Gasteiger partial charge in [-0.05, 0) is 43.1 Å². The molecule has 7 heteroatoms. The summed E-state index contributed by atoms with van der Waals surface area (Å²) in [6.07, 6.45) is -2.97. The van der Waals surface area contributed by atoms with Crippen molar-refractivity contribution in [2.75, 3.05) is 31.5 Å². The zero-order valence-corrected chi connectivity index (χ0v) is 17.7. The lowest BCUT2D eigenvalue weighted by atomic mass is 9.76. The molecule has 0 amide bonds. The summed E-state index contributed by atoms with van der Waals surface area (Å²) in [6.45, 7) is 5.42. The van der Waals surface area contributed by atoms with Crippen LogP contribution in [0.4, 0.5) is 18.9 Å². The van der Waals surface area contributed by atoms with Gasteiger partial charge >= 0.3 is 6.18 Å². The zero-order valence-electron chi connectivity index (χ0n) is 17.7. The molecule has 168 valence electrons. The maximum atomic E-state index is 13.4. The summed E-state index contributed by atoms with van der Waals surface area (Å²) in [5, 5.41) is 10.2. The van der Waals surface area contributed by atoms with E-state index in [2.05, 4.69) is 35.0 Å². The molecule has 0 radical (unpaired) electrons. The number of hydrogen-bond donors (Lipinski definition) is 3. The minimum absolute atomic E-state index is 0.0121. The van der Waals surface area contributed by atoms with E-state index in [-0.39, 0.29) is 24.2 Å². The predicted octanol–water partition coefficient (Wildman–Crippen LogP) is 4.91. The van der Waals surface area contributed by atoms with Crippen LogP contribution in [0.5, 0.6) is 0 Å². The number of nitrogens with one attached hydrogen (secondary N) is 3. The number of likely N-dealkylation sites (N-methyl/N-ethyl adjacent to an activating group) is 1. The Morgan fingerprint density at radius 2 is 1.81 bits per heavy atom. The summed E-state index contributed by atoms with van der Waals surface area (Å²) in [6, 6.07) is 14.1. The first kappa shape index (κ1) is 22.1. The Labute approximate surface area is 181 Å². The topological polar surface area (TPSA) is 45.3 Å². The lowest BCUT2D eigenvalue weighted by Crippen LogP contribution is -2.43. The molecule has 4 nitrogen and oxygen atoms in total. The van der Waals surface area contributed by atoms with Crippen LogP contribution >= 0.6 is 0 Å². The number of fused-ring (bicyclic) bond motifs is 3. The van der Waals surface area contributed by atoms with E-state index in [0.29, 0.717) is 12.1 Å². The summed E-state index contributed by atoms with van der Waals surface area (Å²) in [4.78, 5) is 0. The highest BCUT2D eigenvalue weighted by Crippen LogP contribution is 2.51. The van der Waals surface area contributed by atoms with Crippen LogP contribution in [0.2, 0.25) is 0 Å². The van der Waals surface area contributed by atoms with Gasteiger partial charge in [0.15, 0.2) is 0 Å². The van der Waals surface area contributed by atoms with Crippen LogP contribution in [0.1, 0.15) is 48.6 Å². The molecule has 3 N–H and O–H groups in total. The van der Waals surface area contributed by atoms with Gasteiger partial charge in [-0.3, -0.25) is 0 Å². The summed E-state index contributed by atoms with van der Waals surface area (Å²) in [5.41, 5.74) is 1.85. The van der Waals surface area contributed by atoms with E-state index in [0.717, 1.165) is 49.8 Å². The normalized spacial score (nSPS) is 25.4. The van der Waals surface area contributed by atoms with Gasteiger partial charge in [-0.25, -0.2) is 0 Å². The highest BCUT2D eigenvalue weighted by Gasteiger charge is 2.43. The average molecular weight is 434 g/mol. The molecular formula is C24H30F3N3O.